The van der Waals surface area contributed by atoms with E-state index in [2.05, 4.69) is 184 Å². The Morgan fingerprint density at radius 2 is 1.31 bits per heavy atom. The first-order valence-corrected chi connectivity index (χ1v) is 16.2. The van der Waals surface area contributed by atoms with Gasteiger partial charge in [0.25, 0.3) is 0 Å². The third-order valence-corrected chi connectivity index (χ3v) is 9.06. The second kappa shape index (κ2) is 12.8. The van der Waals surface area contributed by atoms with Gasteiger partial charge in [0.2, 0.25) is 0 Å². The van der Waals surface area contributed by atoms with Crippen molar-refractivity contribution in [3.05, 3.63) is 176 Å². The number of aromatic nitrogens is 2. The molecule has 49 heavy (non-hydrogen) atoms. The van der Waals surface area contributed by atoms with E-state index in [9.17, 15) is 0 Å². The van der Waals surface area contributed by atoms with Gasteiger partial charge in [0, 0.05) is 23.1 Å². The molecule has 6 heteroatoms. The first kappa shape index (κ1) is 30.7. The predicted octanol–water partition coefficient (Wildman–Crippen LogP) is 10.8. The Hall–Kier alpha value is -5.64. The third-order valence-electron chi connectivity index (χ3n) is 9.06. The summed E-state index contributed by atoms with van der Waals surface area (Å²) in [6.07, 6.45) is 1.88. The molecule has 0 spiro atoms. The van der Waals surface area contributed by atoms with E-state index in [1.807, 2.05) is 12.3 Å². The Morgan fingerprint density at radius 1 is 0.612 bits per heavy atom. The van der Waals surface area contributed by atoms with Gasteiger partial charge < -0.3 is 19.3 Å². The number of nitrogens with zero attached hydrogens (tertiary/aromatic N) is 5. The Morgan fingerprint density at radius 3 is 2.10 bits per heavy atom. The normalized spacial score (nSPS) is 12.3. The Kier molecular flexibility index (Phi) is 7.99. The number of pyridine rings is 1. The van der Waals surface area contributed by atoms with Crippen LogP contribution in [0, 0.1) is 19.1 Å². The average molecular weight is 813 g/mol. The first-order chi connectivity index (χ1) is 23.7. The Labute approximate surface area is 300 Å². The van der Waals surface area contributed by atoms with Gasteiger partial charge in [-0.1, -0.05) is 89.3 Å². The van der Waals surface area contributed by atoms with Crippen LogP contribution in [0.5, 0.6) is 0 Å². The van der Waals surface area contributed by atoms with Gasteiger partial charge in [-0.15, -0.1) is 35.7 Å². The van der Waals surface area contributed by atoms with Crippen molar-refractivity contribution in [1.29, 1.82) is 0 Å². The minimum atomic E-state index is 0. The number of aryl methyl sites for hydroxylation is 1. The molecule has 0 bridgehead atoms. The van der Waals surface area contributed by atoms with Gasteiger partial charge >= 0.3 is 21.1 Å². The van der Waals surface area contributed by atoms with Gasteiger partial charge in [-0.25, -0.2) is 4.98 Å². The van der Waals surface area contributed by atoms with Crippen LogP contribution in [0.4, 0.5) is 39.8 Å². The summed E-state index contributed by atoms with van der Waals surface area (Å²) in [6, 6.07) is 60.7. The van der Waals surface area contributed by atoms with Crippen LogP contribution in [-0.4, -0.2) is 16.2 Å². The van der Waals surface area contributed by atoms with Gasteiger partial charge in [0.1, 0.15) is 5.82 Å². The summed E-state index contributed by atoms with van der Waals surface area (Å²) in [6.45, 7) is 2.79. The minimum Gasteiger partial charge on any atom is -0.358 e. The second-order valence-electron chi connectivity index (χ2n) is 12.1. The van der Waals surface area contributed by atoms with Crippen molar-refractivity contribution in [1.82, 2.24) is 9.55 Å². The molecule has 0 saturated heterocycles. The van der Waals surface area contributed by atoms with Crippen LogP contribution in [0.15, 0.2) is 158 Å². The van der Waals surface area contributed by atoms with Crippen LogP contribution < -0.4 is 14.7 Å². The summed E-state index contributed by atoms with van der Waals surface area (Å²) < 4.78 is 2.23. The molecule has 1 aliphatic rings. The van der Waals surface area contributed by atoms with Crippen molar-refractivity contribution in [2.24, 2.45) is 0 Å². The molecule has 3 heterocycles. The Bertz CT molecular complexity index is 2420. The molecule has 0 amide bonds. The summed E-state index contributed by atoms with van der Waals surface area (Å²) in [5, 5.41) is 2.31. The number of benzene rings is 6. The number of para-hydroxylation sites is 5. The number of hydrogen-bond acceptors (Lipinski definition) is 4. The predicted molar refractivity (Wildman–Crippen MR) is 198 cm³/mol. The van der Waals surface area contributed by atoms with Crippen molar-refractivity contribution >= 4 is 61.6 Å². The quantitative estimate of drug-likeness (QED) is 0.156. The second-order valence-corrected chi connectivity index (χ2v) is 12.1. The zero-order chi connectivity index (χ0) is 32.0. The van der Waals surface area contributed by atoms with E-state index >= 15 is 0 Å². The topological polar surface area (TPSA) is 27.5 Å². The van der Waals surface area contributed by atoms with E-state index in [1.165, 1.54) is 11.1 Å². The monoisotopic (exact) mass is 812 g/mol. The van der Waals surface area contributed by atoms with E-state index in [1.54, 1.807) is 0 Å². The molecule has 0 atom stereocenters. The molecule has 1 aliphatic heterocycles. The van der Waals surface area contributed by atoms with Gasteiger partial charge in [-0.2, -0.15) is 12.1 Å². The van der Waals surface area contributed by atoms with Crippen molar-refractivity contribution in [2.45, 2.75) is 6.92 Å². The maximum absolute atomic E-state index is 4.79. The van der Waals surface area contributed by atoms with Crippen LogP contribution in [0.25, 0.3) is 27.6 Å². The smallest absolute Gasteiger partial charge is 0.358 e. The fraction of sp³-hybridized carbons (Fsp3) is 0.0465. The number of anilines is 7. The molecule has 6 aromatic carbocycles. The Balaban J connectivity index is 0.00000348. The maximum Gasteiger partial charge on any atom is 2.00 e. The molecule has 0 N–H and O–H groups in total. The van der Waals surface area contributed by atoms with Crippen LogP contribution in [0.1, 0.15) is 5.56 Å². The molecule has 5 nitrogen and oxygen atoms in total. The van der Waals surface area contributed by atoms with Crippen LogP contribution in [0.2, 0.25) is 0 Å². The number of hydrogen-bond donors (Lipinski definition) is 0. The standard InChI is InChI=1S/C43H31N5.Pt/c1-31-25-26-44-43(27-31)48-39-20-9-8-19-37(39)38-24-23-36(29-42(38)48)47(33-15-6-3-7-16-33)35-18-12-17-34(28-35)46-30-45(32-13-4-2-5-14-32)40-21-10-11-22-41(40)46;/h2-27H,30H2,1H3;/q-2;+2. The van der Waals surface area contributed by atoms with Crippen molar-refractivity contribution < 1.29 is 21.1 Å². The van der Waals surface area contributed by atoms with E-state index in [-0.39, 0.29) is 21.1 Å². The first-order valence-electron chi connectivity index (χ1n) is 16.2. The zero-order valence-corrected chi connectivity index (χ0v) is 29.0. The summed E-state index contributed by atoms with van der Waals surface area (Å²) in [4.78, 5) is 11.7. The molecule has 238 valence electrons. The zero-order valence-electron chi connectivity index (χ0n) is 26.8. The minimum absolute atomic E-state index is 0. The van der Waals surface area contributed by atoms with E-state index in [4.69, 9.17) is 4.98 Å². The van der Waals surface area contributed by atoms with Gasteiger partial charge in [0.05, 0.1) is 18.0 Å². The number of fused-ring (bicyclic) bond motifs is 4. The molecule has 0 aliphatic carbocycles. The molecule has 9 rings (SSSR count). The molecule has 8 aromatic rings. The fourth-order valence-corrected chi connectivity index (χ4v) is 6.86. The summed E-state index contributed by atoms with van der Waals surface area (Å²) in [5.74, 6) is 0.880. The fourth-order valence-electron chi connectivity index (χ4n) is 6.86. The van der Waals surface area contributed by atoms with E-state index in [0.717, 1.165) is 61.9 Å². The summed E-state index contributed by atoms with van der Waals surface area (Å²) in [5.41, 5.74) is 10.6. The third kappa shape index (κ3) is 5.37. The van der Waals surface area contributed by atoms with Crippen molar-refractivity contribution in [3.8, 4) is 5.82 Å². The van der Waals surface area contributed by atoms with Crippen molar-refractivity contribution in [3.63, 3.8) is 0 Å². The van der Waals surface area contributed by atoms with E-state index in [0.29, 0.717) is 6.67 Å². The average Bonchev–Trinajstić information content (AvgIpc) is 3.69. The van der Waals surface area contributed by atoms with E-state index < -0.39 is 0 Å². The van der Waals surface area contributed by atoms with Crippen LogP contribution >= 0.6 is 0 Å². The maximum atomic E-state index is 4.79. The molecule has 0 unspecified atom stereocenters. The van der Waals surface area contributed by atoms with Gasteiger partial charge in [-0.3, -0.25) is 0 Å². The SMILES string of the molecule is Cc1ccnc(-n2c3[c-]c(N(c4[c-]c(N5CN(c6ccccc6)c6ccccc65)ccc4)c4ccccc4)ccc3c3ccccc32)c1.[Pt+2]. The summed E-state index contributed by atoms with van der Waals surface area (Å²) >= 11 is 0. The van der Waals surface area contributed by atoms with Gasteiger partial charge in [-0.05, 0) is 72.5 Å². The molecule has 2 aromatic heterocycles. The van der Waals surface area contributed by atoms with Crippen molar-refractivity contribution in [2.75, 3.05) is 21.4 Å². The number of rotatable bonds is 6. The molecular formula is C43H31N5Pt. The largest absolute Gasteiger partial charge is 2.00 e. The van der Waals surface area contributed by atoms with Crippen LogP contribution in [-0.2, 0) is 21.1 Å². The molecule has 0 fully saturated rings. The van der Waals surface area contributed by atoms with Gasteiger partial charge in [0.15, 0.2) is 0 Å². The van der Waals surface area contributed by atoms with Crippen LogP contribution in [0.3, 0.4) is 0 Å². The molecular weight excluding hydrogens is 782 g/mol. The molecule has 0 saturated carbocycles. The summed E-state index contributed by atoms with van der Waals surface area (Å²) in [7, 11) is 0. The molecule has 0 radical (unpaired) electrons.